The zero-order valence-electron chi connectivity index (χ0n) is 6.84. The molecule has 0 aliphatic carbocycles. The molecule has 13 heavy (non-hydrogen) atoms. The maximum atomic E-state index is 4.96. The van der Waals surface area contributed by atoms with Gasteiger partial charge in [-0.1, -0.05) is 0 Å². The summed E-state index contributed by atoms with van der Waals surface area (Å²) in [7, 11) is 0. The second-order valence-electron chi connectivity index (χ2n) is 2.17. The fourth-order valence-corrected chi connectivity index (χ4v) is 1.20. The molecule has 0 bridgehead atoms. The van der Waals surface area contributed by atoms with E-state index in [2.05, 4.69) is 20.2 Å². The molecule has 2 rings (SSSR count). The van der Waals surface area contributed by atoms with E-state index in [1.54, 1.807) is 6.20 Å². The van der Waals surface area contributed by atoms with Crippen LogP contribution in [0.25, 0.3) is 11.7 Å². The molecule has 5 nitrogen and oxygen atoms in total. The minimum atomic E-state index is 0.343. The smallest absolute Gasteiger partial charge is 0.285 e. The van der Waals surface area contributed by atoms with Gasteiger partial charge < -0.3 is 4.42 Å². The van der Waals surface area contributed by atoms with Crippen molar-refractivity contribution in [3.63, 3.8) is 0 Å². The van der Waals surface area contributed by atoms with Crippen LogP contribution in [0.15, 0.2) is 28.1 Å². The molecule has 0 aliphatic heterocycles. The molecule has 0 saturated heterocycles. The summed E-state index contributed by atoms with van der Waals surface area (Å²) in [5, 5.41) is 8.14. The molecule has 0 N–H and O–H groups in total. The molecular formula is C7H6N4OS. The van der Waals surface area contributed by atoms with E-state index >= 15 is 0 Å². The quantitative estimate of drug-likeness (QED) is 0.529. The highest BCUT2D eigenvalue weighted by Gasteiger charge is 2.06. The molecule has 0 atom stereocenters. The maximum absolute atomic E-state index is 4.96. The van der Waals surface area contributed by atoms with Crippen LogP contribution in [-0.4, -0.2) is 26.4 Å². The van der Waals surface area contributed by atoms with Gasteiger partial charge in [0.1, 0.15) is 0 Å². The van der Waals surface area contributed by atoms with Crippen molar-refractivity contribution in [2.75, 3.05) is 6.26 Å². The van der Waals surface area contributed by atoms with Crippen molar-refractivity contribution in [2.45, 2.75) is 5.03 Å². The minimum absolute atomic E-state index is 0.343. The Morgan fingerprint density at radius 3 is 3.08 bits per heavy atom. The molecule has 66 valence electrons. The number of aromatic nitrogens is 4. The van der Waals surface area contributed by atoms with Crippen LogP contribution in [0, 0.1) is 0 Å². The van der Waals surface area contributed by atoms with Gasteiger partial charge in [-0.15, -0.1) is 22.0 Å². The molecule has 0 unspecified atom stereocenters. The Morgan fingerprint density at radius 2 is 2.38 bits per heavy atom. The highest BCUT2D eigenvalue weighted by atomic mass is 32.2. The Bertz CT molecular complexity index is 389. The second-order valence-corrected chi connectivity index (χ2v) is 2.99. The monoisotopic (exact) mass is 194 g/mol. The molecule has 0 amide bonds. The zero-order valence-corrected chi connectivity index (χ0v) is 7.65. The summed E-state index contributed by atoms with van der Waals surface area (Å²) in [6.07, 6.45) is 4.86. The molecule has 0 aromatic carbocycles. The van der Waals surface area contributed by atoms with E-state index in [4.69, 9.17) is 4.42 Å². The van der Waals surface area contributed by atoms with Crippen LogP contribution in [0.5, 0.6) is 0 Å². The van der Waals surface area contributed by atoms with Gasteiger partial charge in [-0.25, -0.2) is 9.97 Å². The van der Waals surface area contributed by atoms with E-state index in [0.717, 1.165) is 5.03 Å². The summed E-state index contributed by atoms with van der Waals surface area (Å²) in [6.45, 7) is 0. The molecule has 2 heterocycles. The van der Waals surface area contributed by atoms with Crippen LogP contribution < -0.4 is 0 Å². The molecule has 0 radical (unpaired) electrons. The third-order valence-corrected chi connectivity index (χ3v) is 2.04. The van der Waals surface area contributed by atoms with E-state index in [1.165, 1.54) is 18.2 Å². The average Bonchev–Trinajstić information content (AvgIpc) is 2.71. The molecule has 6 heteroatoms. The van der Waals surface area contributed by atoms with Gasteiger partial charge in [0.05, 0.1) is 5.03 Å². The summed E-state index contributed by atoms with van der Waals surface area (Å²) in [4.78, 5) is 8.20. The van der Waals surface area contributed by atoms with E-state index < -0.39 is 0 Å². The van der Waals surface area contributed by atoms with Crippen molar-refractivity contribution in [3.05, 3.63) is 18.7 Å². The molecule has 0 saturated carbocycles. The summed E-state index contributed by atoms with van der Waals surface area (Å²) in [6, 6.07) is 1.82. The predicted octanol–water partition coefficient (Wildman–Crippen LogP) is 1.25. The number of nitrogens with zero attached hydrogens (tertiary/aromatic N) is 4. The van der Waals surface area contributed by atoms with Crippen molar-refractivity contribution >= 4 is 11.8 Å². The van der Waals surface area contributed by atoms with Crippen LogP contribution >= 0.6 is 11.8 Å². The summed E-state index contributed by atoms with van der Waals surface area (Å²) in [5.74, 6) is 0.806. The third kappa shape index (κ3) is 1.67. The minimum Gasteiger partial charge on any atom is -0.421 e. The first-order chi connectivity index (χ1) is 6.40. The van der Waals surface area contributed by atoms with E-state index in [9.17, 15) is 0 Å². The number of rotatable bonds is 2. The number of hydrogen-bond donors (Lipinski definition) is 0. The van der Waals surface area contributed by atoms with Gasteiger partial charge in [-0.3, -0.25) is 0 Å². The molecule has 0 aliphatic rings. The van der Waals surface area contributed by atoms with Crippen LogP contribution in [0.1, 0.15) is 0 Å². The van der Waals surface area contributed by atoms with Crippen molar-refractivity contribution in [1.29, 1.82) is 0 Å². The normalized spacial score (nSPS) is 10.2. The van der Waals surface area contributed by atoms with Crippen LogP contribution in [-0.2, 0) is 0 Å². The lowest BCUT2D eigenvalue weighted by molar-refractivity contribution is 0.562. The Hall–Kier alpha value is -1.43. The largest absolute Gasteiger partial charge is 0.421 e. The molecular weight excluding hydrogens is 188 g/mol. The third-order valence-electron chi connectivity index (χ3n) is 1.39. The van der Waals surface area contributed by atoms with Crippen LogP contribution in [0.2, 0.25) is 0 Å². The Kier molecular flexibility index (Phi) is 2.22. The summed E-state index contributed by atoms with van der Waals surface area (Å²) in [5.41, 5.74) is 0. The summed E-state index contributed by atoms with van der Waals surface area (Å²) >= 11 is 1.54. The molecule has 2 aromatic heterocycles. The molecule has 0 spiro atoms. The lowest BCUT2D eigenvalue weighted by Crippen LogP contribution is -1.89. The second kappa shape index (κ2) is 3.53. The van der Waals surface area contributed by atoms with E-state index in [0.29, 0.717) is 11.7 Å². The summed E-state index contributed by atoms with van der Waals surface area (Å²) < 4.78 is 4.96. The van der Waals surface area contributed by atoms with Gasteiger partial charge in [-0.05, 0) is 12.3 Å². The van der Waals surface area contributed by atoms with Gasteiger partial charge in [0.2, 0.25) is 12.2 Å². The Morgan fingerprint density at radius 1 is 1.46 bits per heavy atom. The average molecular weight is 194 g/mol. The highest BCUT2D eigenvalue weighted by molar-refractivity contribution is 7.98. The molecule has 2 aromatic rings. The van der Waals surface area contributed by atoms with E-state index in [1.807, 2.05) is 12.3 Å². The number of thioether (sulfide) groups is 1. The fraction of sp³-hybridized carbons (Fsp3) is 0.143. The lowest BCUT2D eigenvalue weighted by Gasteiger charge is -1.95. The van der Waals surface area contributed by atoms with Crippen LogP contribution in [0.3, 0.4) is 0 Å². The first-order valence-electron chi connectivity index (χ1n) is 3.54. The first-order valence-corrected chi connectivity index (χ1v) is 4.76. The standard InChI is InChI=1S/C7H6N4OS/c1-13-5-2-3-8-6(10-5)7-11-9-4-12-7/h2-4H,1H3. The van der Waals surface area contributed by atoms with E-state index in [-0.39, 0.29) is 0 Å². The maximum Gasteiger partial charge on any atom is 0.285 e. The van der Waals surface area contributed by atoms with Gasteiger partial charge in [0.15, 0.2) is 0 Å². The van der Waals surface area contributed by atoms with Crippen molar-refractivity contribution in [2.24, 2.45) is 0 Å². The van der Waals surface area contributed by atoms with Crippen molar-refractivity contribution in [3.8, 4) is 11.7 Å². The Balaban J connectivity index is 2.41. The predicted molar refractivity (Wildman–Crippen MR) is 47.1 cm³/mol. The molecule has 0 fully saturated rings. The van der Waals surface area contributed by atoms with Crippen molar-refractivity contribution < 1.29 is 4.42 Å². The van der Waals surface area contributed by atoms with Crippen LogP contribution in [0.4, 0.5) is 0 Å². The van der Waals surface area contributed by atoms with Gasteiger partial charge in [0.25, 0.3) is 5.89 Å². The van der Waals surface area contributed by atoms with Gasteiger partial charge in [0, 0.05) is 6.20 Å². The number of hydrogen-bond acceptors (Lipinski definition) is 6. The van der Waals surface area contributed by atoms with Gasteiger partial charge >= 0.3 is 0 Å². The van der Waals surface area contributed by atoms with Gasteiger partial charge in [-0.2, -0.15) is 0 Å². The van der Waals surface area contributed by atoms with Crippen molar-refractivity contribution in [1.82, 2.24) is 20.2 Å². The Labute approximate surface area is 78.6 Å². The SMILES string of the molecule is CSc1ccnc(-c2nnco2)n1. The fourth-order valence-electron chi connectivity index (χ4n) is 0.829. The first kappa shape index (κ1) is 8.18. The highest BCUT2D eigenvalue weighted by Crippen LogP contribution is 2.15. The lowest BCUT2D eigenvalue weighted by atomic mass is 10.5. The topological polar surface area (TPSA) is 64.7 Å². The zero-order chi connectivity index (χ0) is 9.10.